The van der Waals surface area contributed by atoms with Crippen LogP contribution in [0.5, 0.6) is 0 Å². The zero-order chi connectivity index (χ0) is 15.9. The lowest BCUT2D eigenvalue weighted by Gasteiger charge is -2.14. The van der Waals surface area contributed by atoms with Crippen molar-refractivity contribution in [2.24, 2.45) is 0 Å². The van der Waals surface area contributed by atoms with E-state index in [0.29, 0.717) is 5.56 Å². The second-order valence-electron chi connectivity index (χ2n) is 5.22. The monoisotopic (exact) mass is 299 g/mol. The van der Waals surface area contributed by atoms with E-state index in [0.717, 1.165) is 23.6 Å². The lowest BCUT2D eigenvalue weighted by Crippen LogP contribution is -2.36. The standard InChI is InChI=1S/C18H21NO3/c1-3-16(4-2)19-17(20)12-22-18(21)15-10-9-13-7-5-6-8-14(13)11-15/h5-11,16H,3-4,12H2,1-2H3,(H,19,20). The molecule has 4 heteroatoms. The highest BCUT2D eigenvalue weighted by atomic mass is 16.5. The first-order valence-electron chi connectivity index (χ1n) is 7.59. The first kappa shape index (κ1) is 16.0. The fraction of sp³-hybridized carbons (Fsp3) is 0.333. The molecule has 2 rings (SSSR count). The van der Waals surface area contributed by atoms with Gasteiger partial charge in [0.1, 0.15) is 0 Å². The summed E-state index contributed by atoms with van der Waals surface area (Å²) < 4.78 is 5.08. The average molecular weight is 299 g/mol. The topological polar surface area (TPSA) is 55.4 Å². The Labute approximate surface area is 130 Å². The summed E-state index contributed by atoms with van der Waals surface area (Å²) in [4.78, 5) is 23.7. The number of nitrogens with one attached hydrogen (secondary N) is 1. The van der Waals surface area contributed by atoms with Crippen LogP contribution < -0.4 is 5.32 Å². The second kappa shape index (κ2) is 7.59. The van der Waals surface area contributed by atoms with Gasteiger partial charge < -0.3 is 10.1 Å². The van der Waals surface area contributed by atoms with Gasteiger partial charge >= 0.3 is 5.97 Å². The molecule has 0 saturated heterocycles. The predicted octanol–water partition coefficient (Wildman–Crippen LogP) is 3.30. The molecule has 0 spiro atoms. The van der Waals surface area contributed by atoms with Crippen molar-refractivity contribution in [1.29, 1.82) is 0 Å². The third-order valence-electron chi connectivity index (χ3n) is 3.67. The van der Waals surface area contributed by atoms with Crippen molar-refractivity contribution in [2.75, 3.05) is 6.61 Å². The van der Waals surface area contributed by atoms with Gasteiger partial charge in [0.25, 0.3) is 5.91 Å². The number of esters is 1. The van der Waals surface area contributed by atoms with Crippen molar-refractivity contribution < 1.29 is 14.3 Å². The number of carbonyl (C=O) groups is 2. The van der Waals surface area contributed by atoms with E-state index >= 15 is 0 Å². The maximum atomic E-state index is 12.0. The fourth-order valence-corrected chi connectivity index (χ4v) is 2.29. The second-order valence-corrected chi connectivity index (χ2v) is 5.22. The summed E-state index contributed by atoms with van der Waals surface area (Å²) in [7, 11) is 0. The molecule has 4 nitrogen and oxygen atoms in total. The van der Waals surface area contributed by atoms with E-state index in [1.165, 1.54) is 0 Å². The molecule has 0 fully saturated rings. The van der Waals surface area contributed by atoms with Crippen LogP contribution >= 0.6 is 0 Å². The van der Waals surface area contributed by atoms with Gasteiger partial charge in [-0.2, -0.15) is 0 Å². The van der Waals surface area contributed by atoms with Crippen LogP contribution in [0.3, 0.4) is 0 Å². The number of fused-ring (bicyclic) bond motifs is 1. The maximum absolute atomic E-state index is 12.0. The Bertz CT molecular complexity index is 662. The van der Waals surface area contributed by atoms with Crippen LogP contribution in [0.25, 0.3) is 10.8 Å². The first-order chi connectivity index (χ1) is 10.6. The van der Waals surface area contributed by atoms with Crippen molar-refractivity contribution >= 4 is 22.6 Å². The number of ether oxygens (including phenoxy) is 1. The normalized spacial score (nSPS) is 10.7. The Morgan fingerprint density at radius 2 is 1.73 bits per heavy atom. The zero-order valence-corrected chi connectivity index (χ0v) is 13.0. The summed E-state index contributed by atoms with van der Waals surface area (Å²) in [5, 5.41) is 4.87. The summed E-state index contributed by atoms with van der Waals surface area (Å²) in [5.41, 5.74) is 0.453. The van der Waals surface area contributed by atoms with Gasteiger partial charge in [-0.3, -0.25) is 4.79 Å². The lowest BCUT2D eigenvalue weighted by molar-refractivity contribution is -0.125. The summed E-state index contributed by atoms with van der Waals surface area (Å²) >= 11 is 0. The van der Waals surface area contributed by atoms with E-state index in [1.807, 2.05) is 44.2 Å². The van der Waals surface area contributed by atoms with Gasteiger partial charge in [-0.1, -0.05) is 44.2 Å². The van der Waals surface area contributed by atoms with Gasteiger partial charge in [0.05, 0.1) is 5.56 Å². The first-order valence-corrected chi connectivity index (χ1v) is 7.59. The molecule has 2 aromatic rings. The smallest absolute Gasteiger partial charge is 0.338 e. The Balaban J connectivity index is 1.95. The maximum Gasteiger partial charge on any atom is 0.338 e. The van der Waals surface area contributed by atoms with Crippen LogP contribution in [0.1, 0.15) is 37.0 Å². The van der Waals surface area contributed by atoms with E-state index < -0.39 is 5.97 Å². The van der Waals surface area contributed by atoms with E-state index in [9.17, 15) is 9.59 Å². The summed E-state index contributed by atoms with van der Waals surface area (Å²) in [6, 6.07) is 13.3. The molecule has 0 heterocycles. The molecule has 0 bridgehead atoms. The molecule has 2 aromatic carbocycles. The summed E-state index contributed by atoms with van der Waals surface area (Å²) in [5.74, 6) is -0.742. The third kappa shape index (κ3) is 4.07. The fourth-order valence-electron chi connectivity index (χ4n) is 2.29. The van der Waals surface area contributed by atoms with Crippen LogP contribution in [-0.2, 0) is 9.53 Å². The SMILES string of the molecule is CCC(CC)NC(=O)COC(=O)c1ccc2ccccc2c1. The molecule has 0 aliphatic heterocycles. The Hall–Kier alpha value is -2.36. The molecule has 1 N–H and O–H groups in total. The number of amides is 1. The quantitative estimate of drug-likeness (QED) is 0.833. The highest BCUT2D eigenvalue weighted by Crippen LogP contribution is 2.16. The van der Waals surface area contributed by atoms with Crippen molar-refractivity contribution in [3.05, 3.63) is 48.0 Å². The number of hydrogen-bond acceptors (Lipinski definition) is 3. The van der Waals surface area contributed by atoms with Crippen molar-refractivity contribution in [1.82, 2.24) is 5.32 Å². The molecule has 22 heavy (non-hydrogen) atoms. The largest absolute Gasteiger partial charge is 0.452 e. The number of hydrogen-bond donors (Lipinski definition) is 1. The Morgan fingerprint density at radius 3 is 2.41 bits per heavy atom. The highest BCUT2D eigenvalue weighted by molar-refractivity contribution is 5.96. The average Bonchev–Trinajstić information content (AvgIpc) is 2.57. The Kier molecular flexibility index (Phi) is 5.53. The van der Waals surface area contributed by atoms with Crippen LogP contribution in [0.4, 0.5) is 0 Å². The molecule has 0 radical (unpaired) electrons. The molecule has 1 amide bonds. The zero-order valence-electron chi connectivity index (χ0n) is 13.0. The van der Waals surface area contributed by atoms with Crippen molar-refractivity contribution in [3.8, 4) is 0 Å². The number of carbonyl (C=O) groups excluding carboxylic acids is 2. The molecule has 0 aliphatic rings. The minimum absolute atomic E-state index is 0.131. The van der Waals surface area contributed by atoms with Gasteiger partial charge in [-0.25, -0.2) is 4.79 Å². The molecule has 0 unspecified atom stereocenters. The Morgan fingerprint density at radius 1 is 1.05 bits per heavy atom. The van der Waals surface area contributed by atoms with E-state index in [4.69, 9.17) is 4.74 Å². The molecular formula is C18H21NO3. The summed E-state index contributed by atoms with van der Waals surface area (Å²) in [6.45, 7) is 3.77. The van der Waals surface area contributed by atoms with Gasteiger partial charge in [0, 0.05) is 6.04 Å². The molecular weight excluding hydrogens is 278 g/mol. The molecule has 0 atom stereocenters. The summed E-state index contributed by atoms with van der Waals surface area (Å²) in [6.07, 6.45) is 1.72. The van der Waals surface area contributed by atoms with Gasteiger partial charge in [0.2, 0.25) is 0 Å². The molecule has 0 saturated carbocycles. The van der Waals surface area contributed by atoms with Crippen LogP contribution in [0.2, 0.25) is 0 Å². The van der Waals surface area contributed by atoms with Crippen molar-refractivity contribution in [3.63, 3.8) is 0 Å². The minimum atomic E-state index is -0.481. The molecule has 0 aliphatic carbocycles. The predicted molar refractivity (Wildman–Crippen MR) is 86.7 cm³/mol. The molecule has 0 aromatic heterocycles. The third-order valence-corrected chi connectivity index (χ3v) is 3.67. The van der Waals surface area contributed by atoms with E-state index in [2.05, 4.69) is 5.32 Å². The van der Waals surface area contributed by atoms with Crippen LogP contribution in [0.15, 0.2) is 42.5 Å². The highest BCUT2D eigenvalue weighted by Gasteiger charge is 2.12. The van der Waals surface area contributed by atoms with Crippen LogP contribution in [-0.4, -0.2) is 24.5 Å². The van der Waals surface area contributed by atoms with E-state index in [-0.39, 0.29) is 18.6 Å². The van der Waals surface area contributed by atoms with Gasteiger partial charge in [0.15, 0.2) is 6.61 Å². The molecule has 116 valence electrons. The van der Waals surface area contributed by atoms with Crippen LogP contribution in [0, 0.1) is 0 Å². The number of rotatable bonds is 6. The number of benzene rings is 2. The van der Waals surface area contributed by atoms with Gasteiger partial charge in [-0.05, 0) is 35.7 Å². The lowest BCUT2D eigenvalue weighted by atomic mass is 10.1. The van der Waals surface area contributed by atoms with Crippen molar-refractivity contribution in [2.45, 2.75) is 32.7 Å². The minimum Gasteiger partial charge on any atom is -0.452 e. The van der Waals surface area contributed by atoms with Gasteiger partial charge in [-0.15, -0.1) is 0 Å². The van der Waals surface area contributed by atoms with E-state index in [1.54, 1.807) is 12.1 Å².